The smallest absolute Gasteiger partial charge is 0.0947 e. The van der Waals surface area contributed by atoms with Crippen LogP contribution in [-0.4, -0.2) is 21.3 Å². The number of hydrogen-bond donors (Lipinski definition) is 1. The molecule has 0 aliphatic carbocycles. The summed E-state index contributed by atoms with van der Waals surface area (Å²) in [4.78, 5) is 5.87. The fourth-order valence-electron chi connectivity index (χ4n) is 2.12. The number of nitrogens with two attached hydrogens (primary N) is 1. The number of aromatic nitrogens is 3. The van der Waals surface area contributed by atoms with Gasteiger partial charge < -0.3 is 5.73 Å². The third kappa shape index (κ3) is 2.50. The van der Waals surface area contributed by atoms with Gasteiger partial charge in [-0.3, -0.25) is 0 Å². The molecule has 3 aromatic rings. The molecule has 0 bridgehead atoms. The van der Waals surface area contributed by atoms with E-state index in [9.17, 15) is 0 Å². The van der Waals surface area contributed by atoms with Gasteiger partial charge in [0.15, 0.2) is 0 Å². The minimum atomic E-state index is 0.635. The summed E-state index contributed by atoms with van der Waals surface area (Å²) >= 11 is 1.71. The van der Waals surface area contributed by atoms with Gasteiger partial charge in [-0.2, -0.15) is 5.10 Å². The lowest BCUT2D eigenvalue weighted by Gasteiger charge is -1.98. The SMILES string of the molecule is Cc1sc(CCN)nc1-c1cnn(-c2ccccc2)c1. The van der Waals surface area contributed by atoms with E-state index in [1.54, 1.807) is 11.3 Å². The molecule has 20 heavy (non-hydrogen) atoms. The molecule has 2 heterocycles. The van der Waals surface area contributed by atoms with Gasteiger partial charge in [-0.15, -0.1) is 11.3 Å². The van der Waals surface area contributed by atoms with E-state index in [1.165, 1.54) is 4.88 Å². The number of thiazole rings is 1. The highest BCUT2D eigenvalue weighted by molar-refractivity contribution is 7.12. The average molecular weight is 284 g/mol. The lowest BCUT2D eigenvalue weighted by atomic mass is 10.2. The zero-order valence-corrected chi connectivity index (χ0v) is 12.1. The van der Waals surface area contributed by atoms with E-state index in [0.29, 0.717) is 6.54 Å². The summed E-state index contributed by atoms with van der Waals surface area (Å²) < 4.78 is 1.87. The molecule has 0 aliphatic heterocycles. The standard InChI is InChI=1S/C15H16N4S/c1-11-15(18-14(20-11)7-8-16)12-9-17-19(10-12)13-5-3-2-4-6-13/h2-6,9-10H,7-8,16H2,1H3. The maximum atomic E-state index is 5.59. The molecule has 0 fully saturated rings. The average Bonchev–Trinajstić information content (AvgIpc) is 3.07. The number of rotatable bonds is 4. The van der Waals surface area contributed by atoms with Crippen LogP contribution >= 0.6 is 11.3 Å². The number of hydrogen-bond acceptors (Lipinski definition) is 4. The maximum absolute atomic E-state index is 5.59. The first-order valence-electron chi connectivity index (χ1n) is 6.55. The van der Waals surface area contributed by atoms with Crippen molar-refractivity contribution in [1.29, 1.82) is 0 Å². The minimum Gasteiger partial charge on any atom is -0.330 e. The molecule has 5 heteroatoms. The van der Waals surface area contributed by atoms with E-state index in [1.807, 2.05) is 47.4 Å². The third-order valence-corrected chi connectivity index (χ3v) is 4.11. The Balaban J connectivity index is 1.94. The summed E-state index contributed by atoms with van der Waals surface area (Å²) in [5, 5.41) is 5.51. The lowest BCUT2D eigenvalue weighted by Crippen LogP contribution is -2.01. The van der Waals surface area contributed by atoms with Crippen LogP contribution in [0.4, 0.5) is 0 Å². The molecular weight excluding hydrogens is 268 g/mol. The number of nitrogens with zero attached hydrogens (tertiary/aromatic N) is 3. The molecule has 0 unspecified atom stereocenters. The fraction of sp³-hybridized carbons (Fsp3) is 0.200. The van der Waals surface area contributed by atoms with Gasteiger partial charge in [-0.25, -0.2) is 9.67 Å². The Labute approximate surface area is 121 Å². The van der Waals surface area contributed by atoms with Gasteiger partial charge in [0.2, 0.25) is 0 Å². The van der Waals surface area contributed by atoms with E-state index < -0.39 is 0 Å². The monoisotopic (exact) mass is 284 g/mol. The summed E-state index contributed by atoms with van der Waals surface area (Å²) in [6, 6.07) is 10.1. The topological polar surface area (TPSA) is 56.7 Å². The van der Waals surface area contributed by atoms with Crippen molar-refractivity contribution in [1.82, 2.24) is 14.8 Å². The van der Waals surface area contributed by atoms with E-state index in [4.69, 9.17) is 5.73 Å². The van der Waals surface area contributed by atoms with Crippen LogP contribution in [0.3, 0.4) is 0 Å². The van der Waals surface area contributed by atoms with Crippen LogP contribution in [0.5, 0.6) is 0 Å². The van der Waals surface area contributed by atoms with Crippen molar-refractivity contribution in [2.45, 2.75) is 13.3 Å². The van der Waals surface area contributed by atoms with Crippen LogP contribution in [0.1, 0.15) is 9.88 Å². The first-order chi connectivity index (χ1) is 9.78. The number of aryl methyl sites for hydroxylation is 1. The summed E-state index contributed by atoms with van der Waals surface area (Å²) in [6.45, 7) is 2.72. The molecule has 0 amide bonds. The molecule has 0 atom stereocenters. The second kappa shape index (κ2) is 5.56. The Morgan fingerprint density at radius 2 is 2.05 bits per heavy atom. The molecule has 2 N–H and O–H groups in total. The van der Waals surface area contributed by atoms with Gasteiger partial charge in [0.1, 0.15) is 0 Å². The summed E-state index contributed by atoms with van der Waals surface area (Å²) in [5.74, 6) is 0. The largest absolute Gasteiger partial charge is 0.330 e. The van der Waals surface area contributed by atoms with Gasteiger partial charge in [0, 0.05) is 23.1 Å². The molecule has 3 rings (SSSR count). The molecule has 0 saturated carbocycles. The molecule has 102 valence electrons. The van der Waals surface area contributed by atoms with Gasteiger partial charge >= 0.3 is 0 Å². The van der Waals surface area contributed by atoms with E-state index in [-0.39, 0.29) is 0 Å². The Morgan fingerprint density at radius 1 is 1.25 bits per heavy atom. The van der Waals surface area contributed by atoms with Crippen LogP contribution in [-0.2, 0) is 6.42 Å². The van der Waals surface area contributed by atoms with E-state index in [2.05, 4.69) is 17.0 Å². The van der Waals surface area contributed by atoms with Gasteiger partial charge in [0.25, 0.3) is 0 Å². The quantitative estimate of drug-likeness (QED) is 0.801. The van der Waals surface area contributed by atoms with E-state index >= 15 is 0 Å². The Kier molecular flexibility index (Phi) is 3.62. The van der Waals surface area contributed by atoms with Gasteiger partial charge in [-0.05, 0) is 25.6 Å². The highest BCUT2D eigenvalue weighted by Gasteiger charge is 2.11. The lowest BCUT2D eigenvalue weighted by molar-refractivity contribution is 0.880. The van der Waals surface area contributed by atoms with Crippen LogP contribution in [0.25, 0.3) is 16.9 Å². The molecule has 2 aromatic heterocycles. The van der Waals surface area contributed by atoms with E-state index in [0.717, 1.165) is 28.4 Å². The summed E-state index contributed by atoms with van der Waals surface area (Å²) in [7, 11) is 0. The fourth-order valence-corrected chi connectivity index (χ4v) is 3.09. The van der Waals surface area contributed by atoms with Crippen molar-refractivity contribution in [3.05, 3.63) is 52.6 Å². The zero-order chi connectivity index (χ0) is 13.9. The van der Waals surface area contributed by atoms with Crippen LogP contribution in [0.15, 0.2) is 42.7 Å². The second-order valence-electron chi connectivity index (χ2n) is 4.56. The van der Waals surface area contributed by atoms with Crippen molar-refractivity contribution in [2.24, 2.45) is 5.73 Å². The molecule has 0 spiro atoms. The minimum absolute atomic E-state index is 0.635. The van der Waals surface area contributed by atoms with Crippen LogP contribution < -0.4 is 5.73 Å². The first-order valence-corrected chi connectivity index (χ1v) is 7.36. The third-order valence-electron chi connectivity index (χ3n) is 3.08. The highest BCUT2D eigenvalue weighted by Crippen LogP contribution is 2.27. The van der Waals surface area contributed by atoms with Crippen molar-refractivity contribution < 1.29 is 0 Å². The van der Waals surface area contributed by atoms with Crippen molar-refractivity contribution in [3.63, 3.8) is 0 Å². The van der Waals surface area contributed by atoms with Crippen LogP contribution in [0.2, 0.25) is 0 Å². The zero-order valence-electron chi connectivity index (χ0n) is 11.3. The molecule has 0 aliphatic rings. The Hall–Kier alpha value is -1.98. The molecule has 0 radical (unpaired) electrons. The summed E-state index contributed by atoms with van der Waals surface area (Å²) in [5.41, 5.74) is 8.70. The number of para-hydroxylation sites is 1. The molecule has 1 aromatic carbocycles. The molecular formula is C15H16N4S. The number of benzene rings is 1. The Morgan fingerprint density at radius 3 is 2.80 bits per heavy atom. The second-order valence-corrected chi connectivity index (χ2v) is 5.85. The van der Waals surface area contributed by atoms with Crippen molar-refractivity contribution in [3.8, 4) is 16.9 Å². The summed E-state index contributed by atoms with van der Waals surface area (Å²) in [6.07, 6.45) is 4.71. The highest BCUT2D eigenvalue weighted by atomic mass is 32.1. The van der Waals surface area contributed by atoms with Crippen LogP contribution in [0, 0.1) is 6.92 Å². The first kappa shape index (κ1) is 13.0. The molecule has 0 saturated heterocycles. The van der Waals surface area contributed by atoms with Gasteiger partial charge in [-0.1, -0.05) is 18.2 Å². The predicted molar refractivity (Wildman–Crippen MR) is 82.2 cm³/mol. The predicted octanol–water partition coefficient (Wildman–Crippen LogP) is 2.81. The molecule has 4 nitrogen and oxygen atoms in total. The van der Waals surface area contributed by atoms with Crippen molar-refractivity contribution >= 4 is 11.3 Å². The van der Waals surface area contributed by atoms with Gasteiger partial charge in [0.05, 0.1) is 22.6 Å². The van der Waals surface area contributed by atoms with Crippen molar-refractivity contribution in [2.75, 3.05) is 6.54 Å². The Bertz CT molecular complexity index is 700. The maximum Gasteiger partial charge on any atom is 0.0947 e. The normalized spacial score (nSPS) is 10.9.